The maximum Gasteiger partial charge on any atom is 0.142 e. The molecule has 0 saturated heterocycles. The Balaban J connectivity index is 2.02. The first-order valence-electron chi connectivity index (χ1n) is 5.53. The summed E-state index contributed by atoms with van der Waals surface area (Å²) in [6, 6.07) is 2.99. The fourth-order valence-corrected chi connectivity index (χ4v) is 3.12. The molecule has 0 saturated carbocycles. The lowest BCUT2D eigenvalue weighted by Gasteiger charge is -2.14. The van der Waals surface area contributed by atoms with Gasteiger partial charge in [0.25, 0.3) is 0 Å². The molecule has 0 bridgehead atoms. The van der Waals surface area contributed by atoms with Gasteiger partial charge in [0.1, 0.15) is 10.8 Å². The molecule has 2 heterocycles. The average Bonchev–Trinajstić information content (AvgIpc) is 2.75. The Kier molecular flexibility index (Phi) is 2.64. The van der Waals surface area contributed by atoms with E-state index in [1.54, 1.807) is 6.07 Å². The number of hydrogen-bond donors (Lipinski definition) is 1. The summed E-state index contributed by atoms with van der Waals surface area (Å²) in [5.41, 5.74) is 1.63. The predicted octanol–water partition coefficient (Wildman–Crippen LogP) is 2.71. The van der Waals surface area contributed by atoms with E-state index in [0.717, 1.165) is 34.8 Å². The average molecular weight is 250 g/mol. The highest BCUT2D eigenvalue weighted by atomic mass is 32.1. The highest BCUT2D eigenvalue weighted by molar-refractivity contribution is 7.15. The zero-order valence-electron chi connectivity index (χ0n) is 9.06. The standard InChI is InChI=1S/C12H11FN2OS/c13-7-4-5-9(14-6-7)12-15-8-2-1-3-10(16)11(8)17-12/h4-6,10,16H,1-3H2. The SMILES string of the molecule is OC1CCCc2nc(-c3ccc(F)cn3)sc21. The Morgan fingerprint density at radius 2 is 2.29 bits per heavy atom. The molecule has 0 fully saturated rings. The van der Waals surface area contributed by atoms with Crippen molar-refractivity contribution in [3.63, 3.8) is 0 Å². The summed E-state index contributed by atoms with van der Waals surface area (Å²) in [7, 11) is 0. The van der Waals surface area contributed by atoms with Gasteiger partial charge in [0.05, 0.1) is 28.6 Å². The molecule has 1 N–H and O–H groups in total. The molecule has 2 aromatic heterocycles. The fraction of sp³-hybridized carbons (Fsp3) is 0.333. The second-order valence-electron chi connectivity index (χ2n) is 4.10. The van der Waals surface area contributed by atoms with Crippen LogP contribution in [0, 0.1) is 5.82 Å². The molecule has 2 aromatic rings. The van der Waals surface area contributed by atoms with Gasteiger partial charge in [0.15, 0.2) is 0 Å². The van der Waals surface area contributed by atoms with E-state index in [9.17, 15) is 9.50 Å². The number of thiazole rings is 1. The Bertz CT molecular complexity index is 538. The van der Waals surface area contributed by atoms with Crippen LogP contribution in [0.15, 0.2) is 18.3 Å². The second kappa shape index (κ2) is 4.16. The van der Waals surface area contributed by atoms with Gasteiger partial charge in [0, 0.05) is 0 Å². The van der Waals surface area contributed by atoms with E-state index in [2.05, 4.69) is 9.97 Å². The number of rotatable bonds is 1. The predicted molar refractivity (Wildman–Crippen MR) is 63.2 cm³/mol. The molecular weight excluding hydrogens is 239 g/mol. The van der Waals surface area contributed by atoms with E-state index >= 15 is 0 Å². The second-order valence-corrected chi connectivity index (χ2v) is 5.13. The number of halogens is 1. The van der Waals surface area contributed by atoms with Crippen molar-refractivity contribution in [2.75, 3.05) is 0 Å². The Morgan fingerprint density at radius 3 is 3.00 bits per heavy atom. The lowest BCUT2D eigenvalue weighted by molar-refractivity contribution is 0.160. The number of aryl methyl sites for hydroxylation is 1. The molecule has 1 aliphatic rings. The number of fused-ring (bicyclic) bond motifs is 1. The van der Waals surface area contributed by atoms with Crippen molar-refractivity contribution in [2.45, 2.75) is 25.4 Å². The largest absolute Gasteiger partial charge is 0.388 e. The van der Waals surface area contributed by atoms with Crippen LogP contribution in [0.3, 0.4) is 0 Å². The third-order valence-corrected chi connectivity index (χ3v) is 4.09. The smallest absolute Gasteiger partial charge is 0.142 e. The van der Waals surface area contributed by atoms with Crippen LogP contribution >= 0.6 is 11.3 Å². The molecular formula is C12H11FN2OS. The van der Waals surface area contributed by atoms with Crippen molar-refractivity contribution in [3.05, 3.63) is 34.7 Å². The van der Waals surface area contributed by atoms with Gasteiger partial charge in [-0.05, 0) is 31.4 Å². The Labute approximate surface area is 102 Å². The Hall–Kier alpha value is -1.33. The molecule has 0 radical (unpaired) electrons. The van der Waals surface area contributed by atoms with Gasteiger partial charge in [-0.25, -0.2) is 9.37 Å². The molecule has 0 spiro atoms. The highest BCUT2D eigenvalue weighted by Crippen LogP contribution is 2.37. The van der Waals surface area contributed by atoms with E-state index in [0.29, 0.717) is 5.69 Å². The van der Waals surface area contributed by atoms with Crippen molar-refractivity contribution in [3.8, 4) is 10.7 Å². The van der Waals surface area contributed by atoms with Crippen molar-refractivity contribution in [2.24, 2.45) is 0 Å². The molecule has 17 heavy (non-hydrogen) atoms. The molecule has 3 nitrogen and oxygen atoms in total. The zero-order chi connectivity index (χ0) is 11.8. The lowest BCUT2D eigenvalue weighted by atomic mass is 10.0. The third-order valence-electron chi connectivity index (χ3n) is 2.87. The monoisotopic (exact) mass is 250 g/mol. The highest BCUT2D eigenvalue weighted by Gasteiger charge is 2.23. The quantitative estimate of drug-likeness (QED) is 0.846. The summed E-state index contributed by atoms with van der Waals surface area (Å²) in [6.07, 6.45) is 3.46. The Morgan fingerprint density at radius 1 is 1.41 bits per heavy atom. The molecule has 1 atom stereocenters. The molecule has 0 aliphatic heterocycles. The van der Waals surface area contributed by atoms with Gasteiger partial charge in [-0.3, -0.25) is 4.98 Å². The van der Waals surface area contributed by atoms with Gasteiger partial charge < -0.3 is 5.11 Å². The molecule has 0 amide bonds. The number of aliphatic hydroxyl groups excluding tert-OH is 1. The van der Waals surface area contributed by atoms with Gasteiger partial charge in [-0.15, -0.1) is 11.3 Å². The minimum Gasteiger partial charge on any atom is -0.388 e. The van der Waals surface area contributed by atoms with Crippen molar-refractivity contribution in [1.82, 2.24) is 9.97 Å². The summed E-state index contributed by atoms with van der Waals surface area (Å²) < 4.78 is 12.8. The van der Waals surface area contributed by atoms with Crippen LogP contribution < -0.4 is 0 Å². The topological polar surface area (TPSA) is 46.0 Å². The zero-order valence-corrected chi connectivity index (χ0v) is 9.88. The number of aromatic nitrogens is 2. The van der Waals surface area contributed by atoms with E-state index < -0.39 is 6.10 Å². The third kappa shape index (κ3) is 1.96. The number of nitrogens with zero attached hydrogens (tertiary/aromatic N) is 2. The molecule has 1 unspecified atom stereocenters. The van der Waals surface area contributed by atoms with E-state index in [1.165, 1.54) is 23.6 Å². The van der Waals surface area contributed by atoms with Gasteiger partial charge >= 0.3 is 0 Å². The molecule has 1 aliphatic carbocycles. The number of pyridine rings is 1. The van der Waals surface area contributed by atoms with Gasteiger partial charge in [-0.1, -0.05) is 0 Å². The first kappa shape index (κ1) is 10.8. The maximum absolute atomic E-state index is 12.8. The first-order chi connectivity index (χ1) is 8.24. The van der Waals surface area contributed by atoms with E-state index in [1.807, 2.05) is 0 Å². The summed E-state index contributed by atoms with van der Waals surface area (Å²) >= 11 is 1.46. The number of hydrogen-bond acceptors (Lipinski definition) is 4. The molecule has 5 heteroatoms. The van der Waals surface area contributed by atoms with Crippen LogP contribution in [-0.4, -0.2) is 15.1 Å². The van der Waals surface area contributed by atoms with E-state index in [-0.39, 0.29) is 5.82 Å². The minimum atomic E-state index is -0.398. The van der Waals surface area contributed by atoms with Crippen LogP contribution in [0.5, 0.6) is 0 Å². The fourth-order valence-electron chi connectivity index (χ4n) is 2.01. The summed E-state index contributed by atoms with van der Waals surface area (Å²) in [5.74, 6) is -0.352. The van der Waals surface area contributed by atoms with Crippen LogP contribution in [0.2, 0.25) is 0 Å². The van der Waals surface area contributed by atoms with Gasteiger partial charge in [-0.2, -0.15) is 0 Å². The van der Waals surface area contributed by atoms with Crippen LogP contribution in [0.1, 0.15) is 29.5 Å². The van der Waals surface area contributed by atoms with Crippen LogP contribution in [0.25, 0.3) is 10.7 Å². The van der Waals surface area contributed by atoms with Crippen molar-refractivity contribution >= 4 is 11.3 Å². The summed E-state index contributed by atoms with van der Waals surface area (Å²) in [6.45, 7) is 0. The minimum absolute atomic E-state index is 0.352. The van der Waals surface area contributed by atoms with Gasteiger partial charge in [0.2, 0.25) is 0 Å². The van der Waals surface area contributed by atoms with Crippen LogP contribution in [-0.2, 0) is 6.42 Å². The summed E-state index contributed by atoms with van der Waals surface area (Å²) in [5, 5.41) is 10.6. The van der Waals surface area contributed by atoms with Crippen molar-refractivity contribution in [1.29, 1.82) is 0 Å². The molecule has 88 valence electrons. The van der Waals surface area contributed by atoms with E-state index in [4.69, 9.17) is 0 Å². The lowest BCUT2D eigenvalue weighted by Crippen LogP contribution is -2.06. The first-order valence-corrected chi connectivity index (χ1v) is 6.35. The van der Waals surface area contributed by atoms with Crippen LogP contribution in [0.4, 0.5) is 4.39 Å². The normalized spacial score (nSPS) is 19.1. The number of aliphatic hydroxyl groups is 1. The van der Waals surface area contributed by atoms with Crippen molar-refractivity contribution < 1.29 is 9.50 Å². The molecule has 0 aromatic carbocycles. The maximum atomic E-state index is 12.8. The summed E-state index contributed by atoms with van der Waals surface area (Å²) in [4.78, 5) is 9.42. The molecule has 3 rings (SSSR count).